The first-order valence-electron chi connectivity index (χ1n) is 4.14. The van der Waals surface area contributed by atoms with Crippen LogP contribution < -0.4 is 20.2 Å². The van der Waals surface area contributed by atoms with Crippen LogP contribution in [-0.4, -0.2) is 26.9 Å². The lowest BCUT2D eigenvalue weighted by molar-refractivity contribution is -0.275. The molecule has 0 atom stereocenters. The number of sulfonamides is 1. The van der Waals surface area contributed by atoms with Crippen LogP contribution in [0.4, 0.5) is 13.2 Å². The van der Waals surface area contributed by atoms with Crippen LogP contribution in [0, 0.1) is 0 Å². The molecule has 1 heterocycles. The molecule has 1 aromatic heterocycles. The molecule has 0 fully saturated rings. The van der Waals surface area contributed by atoms with Gasteiger partial charge in [0.2, 0.25) is 15.8 Å². The molecule has 0 aromatic carbocycles. The molecule has 0 saturated carbocycles. The molecule has 0 amide bonds. The van der Waals surface area contributed by atoms with Crippen LogP contribution in [-0.2, 0) is 10.0 Å². The van der Waals surface area contributed by atoms with Gasteiger partial charge in [-0.1, -0.05) is 0 Å². The topological polar surface area (TPSA) is 111 Å². The fourth-order valence-electron chi connectivity index (χ4n) is 1.13. The molecule has 0 saturated heterocycles. The average Bonchev–Trinajstić information content (AvgIpc) is 2.16. The number of rotatable bonds is 3. The van der Waals surface area contributed by atoms with Crippen LogP contribution in [0.25, 0.3) is 0 Å². The lowest BCUT2D eigenvalue weighted by atomic mass is 10.4. The summed E-state index contributed by atoms with van der Waals surface area (Å²) >= 11 is 0. The number of ether oxygens (including phenoxy) is 2. The van der Waals surface area contributed by atoms with Crippen LogP contribution in [0.5, 0.6) is 11.5 Å². The maximum atomic E-state index is 12.1. The molecule has 3 N–H and O–H groups in total. The SMILES string of the molecule is COc1c(S(N)(=O)=O)c(OC(F)(F)F)c[nH]c1=O. The first kappa shape index (κ1) is 14.3. The van der Waals surface area contributed by atoms with Gasteiger partial charge in [-0.25, -0.2) is 13.6 Å². The number of H-pyrrole nitrogens is 1. The van der Waals surface area contributed by atoms with Gasteiger partial charge in [0.1, 0.15) is 0 Å². The Morgan fingerprint density at radius 2 is 1.94 bits per heavy atom. The fraction of sp³-hybridized carbons (Fsp3) is 0.286. The maximum Gasteiger partial charge on any atom is 0.573 e. The predicted octanol–water partition coefficient (Wildman–Crippen LogP) is -0.0705. The quantitative estimate of drug-likeness (QED) is 0.808. The molecule has 7 nitrogen and oxygen atoms in total. The number of aromatic nitrogens is 1. The zero-order chi connectivity index (χ0) is 14.1. The number of halogens is 3. The highest BCUT2D eigenvalue weighted by atomic mass is 32.2. The summed E-state index contributed by atoms with van der Waals surface area (Å²) in [7, 11) is -3.74. The Hall–Kier alpha value is -1.75. The van der Waals surface area contributed by atoms with Crippen molar-refractivity contribution in [1.82, 2.24) is 4.98 Å². The molecule has 1 rings (SSSR count). The number of pyridine rings is 1. The molecule has 0 bridgehead atoms. The van der Waals surface area contributed by atoms with Crippen molar-refractivity contribution in [2.75, 3.05) is 7.11 Å². The Balaban J connectivity index is 3.59. The van der Waals surface area contributed by atoms with Crippen molar-refractivity contribution in [2.45, 2.75) is 11.3 Å². The zero-order valence-corrected chi connectivity index (χ0v) is 9.55. The highest BCUT2D eigenvalue weighted by Gasteiger charge is 2.35. The number of aromatic amines is 1. The second-order valence-corrected chi connectivity index (χ2v) is 4.44. The third kappa shape index (κ3) is 3.13. The van der Waals surface area contributed by atoms with Gasteiger partial charge >= 0.3 is 6.36 Å². The van der Waals surface area contributed by atoms with Crippen molar-refractivity contribution in [1.29, 1.82) is 0 Å². The van der Waals surface area contributed by atoms with Gasteiger partial charge in [-0.15, -0.1) is 13.2 Å². The van der Waals surface area contributed by atoms with Crippen molar-refractivity contribution >= 4 is 10.0 Å². The van der Waals surface area contributed by atoms with Crippen LogP contribution in [0.3, 0.4) is 0 Å². The number of primary sulfonamides is 1. The minimum absolute atomic E-state index is 0.429. The van der Waals surface area contributed by atoms with E-state index < -0.39 is 38.3 Å². The zero-order valence-electron chi connectivity index (χ0n) is 8.74. The fourth-order valence-corrected chi connectivity index (χ4v) is 1.95. The van der Waals surface area contributed by atoms with E-state index in [0.717, 1.165) is 7.11 Å². The lowest BCUT2D eigenvalue weighted by Crippen LogP contribution is -2.24. The molecule has 0 aliphatic rings. The number of nitrogens with two attached hydrogens (primary N) is 1. The van der Waals surface area contributed by atoms with Crippen LogP contribution >= 0.6 is 0 Å². The average molecular weight is 288 g/mol. The van der Waals surface area contributed by atoms with Crippen molar-refractivity contribution in [3.05, 3.63) is 16.6 Å². The second kappa shape index (κ2) is 4.49. The van der Waals surface area contributed by atoms with Gasteiger partial charge in [0, 0.05) is 6.20 Å². The van der Waals surface area contributed by atoms with Crippen molar-refractivity contribution < 1.29 is 31.1 Å². The minimum atomic E-state index is -5.15. The summed E-state index contributed by atoms with van der Waals surface area (Å²) < 4.78 is 66.4. The number of hydrogen-bond donors (Lipinski definition) is 2. The molecule has 102 valence electrons. The highest BCUT2D eigenvalue weighted by Crippen LogP contribution is 2.32. The summed E-state index contributed by atoms with van der Waals surface area (Å²) in [5, 5.41) is 4.71. The highest BCUT2D eigenvalue weighted by molar-refractivity contribution is 7.89. The van der Waals surface area contributed by atoms with Gasteiger partial charge < -0.3 is 14.5 Å². The van der Waals surface area contributed by atoms with E-state index >= 15 is 0 Å². The van der Waals surface area contributed by atoms with Gasteiger partial charge in [0.25, 0.3) is 5.56 Å². The largest absolute Gasteiger partial charge is 0.573 e. The molecule has 0 aliphatic carbocycles. The predicted molar refractivity (Wildman–Crippen MR) is 51.7 cm³/mol. The van der Waals surface area contributed by atoms with Gasteiger partial charge in [-0.05, 0) is 0 Å². The summed E-state index contributed by atoms with van der Waals surface area (Å²) in [5.74, 6) is -2.07. The molecule has 18 heavy (non-hydrogen) atoms. The van der Waals surface area contributed by atoms with Crippen molar-refractivity contribution in [3.63, 3.8) is 0 Å². The summed E-state index contributed by atoms with van der Waals surface area (Å²) in [6.45, 7) is 0. The van der Waals surface area contributed by atoms with E-state index in [1.54, 1.807) is 0 Å². The third-order valence-corrected chi connectivity index (χ3v) is 2.64. The van der Waals surface area contributed by atoms with E-state index in [9.17, 15) is 26.4 Å². The van der Waals surface area contributed by atoms with E-state index in [0.29, 0.717) is 6.20 Å². The summed E-state index contributed by atoms with van der Waals surface area (Å²) in [6, 6.07) is 0. The van der Waals surface area contributed by atoms with E-state index in [1.165, 1.54) is 0 Å². The monoisotopic (exact) mass is 288 g/mol. The van der Waals surface area contributed by atoms with Gasteiger partial charge in [-0.2, -0.15) is 0 Å². The van der Waals surface area contributed by atoms with E-state index in [2.05, 4.69) is 9.47 Å². The first-order valence-corrected chi connectivity index (χ1v) is 5.69. The van der Waals surface area contributed by atoms with Crippen molar-refractivity contribution in [3.8, 4) is 11.5 Å². The number of hydrogen-bond acceptors (Lipinski definition) is 5. The number of alkyl halides is 3. The number of methoxy groups -OCH3 is 1. The first-order chi connectivity index (χ1) is 8.06. The van der Waals surface area contributed by atoms with E-state index in [-0.39, 0.29) is 0 Å². The standard InChI is InChI=1S/C7H7F3N2O5S/c1-16-4-5(18(11,14)15)3(2-12-6(4)13)17-7(8,9)10/h2H,1H3,(H,12,13)(H2,11,14,15). The third-order valence-electron chi connectivity index (χ3n) is 1.68. The Morgan fingerprint density at radius 3 is 2.33 bits per heavy atom. The van der Waals surface area contributed by atoms with Crippen LogP contribution in [0.1, 0.15) is 0 Å². The summed E-state index contributed by atoms with van der Waals surface area (Å²) in [5.41, 5.74) is -1.06. The second-order valence-electron chi connectivity index (χ2n) is 2.94. The molecule has 0 spiro atoms. The summed E-state index contributed by atoms with van der Waals surface area (Å²) in [6.07, 6.45) is -4.72. The minimum Gasteiger partial charge on any atom is -0.490 e. The van der Waals surface area contributed by atoms with Gasteiger partial charge in [-0.3, -0.25) is 4.79 Å². The van der Waals surface area contributed by atoms with Crippen molar-refractivity contribution in [2.24, 2.45) is 5.14 Å². The van der Waals surface area contributed by atoms with Crippen LogP contribution in [0.2, 0.25) is 0 Å². The summed E-state index contributed by atoms with van der Waals surface area (Å²) in [4.78, 5) is 11.9. The number of nitrogens with one attached hydrogen (secondary N) is 1. The maximum absolute atomic E-state index is 12.1. The molecular formula is C7H7F3N2O5S. The molecule has 0 aliphatic heterocycles. The molecule has 0 unspecified atom stereocenters. The molecule has 1 aromatic rings. The van der Waals surface area contributed by atoms with Crippen LogP contribution in [0.15, 0.2) is 15.9 Å². The Labute approximate surface area is 98.4 Å². The normalized spacial score (nSPS) is 12.3. The smallest absolute Gasteiger partial charge is 0.490 e. The molecular weight excluding hydrogens is 281 g/mol. The Morgan fingerprint density at radius 1 is 1.39 bits per heavy atom. The van der Waals surface area contributed by atoms with Gasteiger partial charge in [0.15, 0.2) is 10.6 Å². The molecule has 0 radical (unpaired) electrons. The van der Waals surface area contributed by atoms with Gasteiger partial charge in [0.05, 0.1) is 7.11 Å². The lowest BCUT2D eigenvalue weighted by Gasteiger charge is -2.13. The van der Waals surface area contributed by atoms with E-state index in [4.69, 9.17) is 5.14 Å². The van der Waals surface area contributed by atoms with E-state index in [1.807, 2.05) is 4.98 Å². The molecule has 11 heteroatoms. The Bertz CT molecular complexity index is 606. The Kier molecular flexibility index (Phi) is 3.57.